The van der Waals surface area contributed by atoms with E-state index < -0.39 is 11.6 Å². The molecular weight excluding hydrogens is 282 g/mol. The quantitative estimate of drug-likeness (QED) is 0.694. The second-order valence-corrected chi connectivity index (χ2v) is 4.74. The molecule has 0 aliphatic carbocycles. The van der Waals surface area contributed by atoms with Gasteiger partial charge in [0.15, 0.2) is 0 Å². The Kier molecular flexibility index (Phi) is 3.63. The molecule has 4 heteroatoms. The monoisotopic (exact) mass is 292 g/mol. The molecule has 1 heterocycles. The van der Waals surface area contributed by atoms with Crippen LogP contribution in [0.5, 0.6) is 0 Å². The van der Waals surface area contributed by atoms with Gasteiger partial charge in [0, 0.05) is 23.5 Å². The summed E-state index contributed by atoms with van der Waals surface area (Å²) in [5.74, 6) is -0.782. The molecule has 0 radical (unpaired) electrons. The van der Waals surface area contributed by atoms with Crippen molar-refractivity contribution >= 4 is 0 Å². The molecule has 3 aromatic rings. The van der Waals surface area contributed by atoms with Crippen LogP contribution >= 0.6 is 0 Å². The molecule has 0 spiro atoms. The first-order valence-electron chi connectivity index (χ1n) is 6.59. The van der Waals surface area contributed by atoms with Gasteiger partial charge in [-0.3, -0.25) is 4.98 Å². The van der Waals surface area contributed by atoms with Crippen molar-refractivity contribution in [2.45, 2.75) is 0 Å². The molecule has 0 atom stereocenters. The van der Waals surface area contributed by atoms with E-state index in [4.69, 9.17) is 0 Å². The van der Waals surface area contributed by atoms with Crippen LogP contribution in [0.1, 0.15) is 5.56 Å². The van der Waals surface area contributed by atoms with Crippen molar-refractivity contribution in [1.29, 1.82) is 5.26 Å². The molecule has 22 heavy (non-hydrogen) atoms. The number of nitriles is 1. The fourth-order valence-corrected chi connectivity index (χ4v) is 2.33. The van der Waals surface area contributed by atoms with Crippen molar-refractivity contribution in [1.82, 2.24) is 4.98 Å². The molecule has 3 rings (SSSR count). The molecule has 0 saturated heterocycles. The Morgan fingerprint density at radius 1 is 0.818 bits per heavy atom. The molecule has 1 aromatic heterocycles. The second-order valence-electron chi connectivity index (χ2n) is 4.74. The number of hydrogen-bond acceptors (Lipinski definition) is 2. The van der Waals surface area contributed by atoms with E-state index in [1.165, 1.54) is 36.7 Å². The van der Waals surface area contributed by atoms with Crippen LogP contribution in [-0.4, -0.2) is 4.98 Å². The van der Waals surface area contributed by atoms with Crippen LogP contribution in [0.2, 0.25) is 0 Å². The Balaban J connectivity index is 2.23. The largest absolute Gasteiger partial charge is 0.263 e. The highest BCUT2D eigenvalue weighted by Gasteiger charge is 2.13. The van der Waals surface area contributed by atoms with Gasteiger partial charge in [-0.05, 0) is 35.4 Å². The summed E-state index contributed by atoms with van der Waals surface area (Å²) in [7, 11) is 0. The third kappa shape index (κ3) is 2.57. The van der Waals surface area contributed by atoms with E-state index in [1.807, 2.05) is 0 Å². The van der Waals surface area contributed by atoms with Crippen LogP contribution in [0.3, 0.4) is 0 Å². The highest BCUT2D eigenvalue weighted by Crippen LogP contribution is 2.31. The average Bonchev–Trinajstić information content (AvgIpc) is 2.54. The van der Waals surface area contributed by atoms with Gasteiger partial charge >= 0.3 is 0 Å². The fourth-order valence-electron chi connectivity index (χ4n) is 2.33. The smallest absolute Gasteiger partial charge is 0.123 e. The van der Waals surface area contributed by atoms with E-state index in [9.17, 15) is 14.0 Å². The first-order valence-corrected chi connectivity index (χ1v) is 6.59. The standard InChI is InChI=1S/C18H10F2N2/c19-14-5-1-3-12(7-14)17-10-22-11-18(16(17)9-21)13-4-2-6-15(20)8-13/h1-8,10-11H. The van der Waals surface area contributed by atoms with E-state index in [2.05, 4.69) is 11.1 Å². The third-order valence-corrected chi connectivity index (χ3v) is 3.33. The Morgan fingerprint density at radius 2 is 1.32 bits per heavy atom. The molecule has 0 N–H and O–H groups in total. The minimum Gasteiger partial charge on any atom is -0.263 e. The summed E-state index contributed by atoms with van der Waals surface area (Å²) in [5.41, 5.74) is 2.49. The highest BCUT2D eigenvalue weighted by atomic mass is 19.1. The lowest BCUT2D eigenvalue weighted by molar-refractivity contribution is 0.628. The SMILES string of the molecule is N#Cc1c(-c2cccc(F)c2)cncc1-c1cccc(F)c1. The number of pyridine rings is 1. The Morgan fingerprint density at radius 3 is 1.73 bits per heavy atom. The Hall–Kier alpha value is -3.06. The summed E-state index contributed by atoms with van der Waals surface area (Å²) in [6, 6.07) is 14.0. The van der Waals surface area contributed by atoms with Gasteiger partial charge < -0.3 is 0 Å². The van der Waals surface area contributed by atoms with Gasteiger partial charge in [-0.15, -0.1) is 0 Å². The lowest BCUT2D eigenvalue weighted by Crippen LogP contribution is -1.93. The molecule has 0 saturated carbocycles. The van der Waals surface area contributed by atoms with Crippen LogP contribution in [-0.2, 0) is 0 Å². The van der Waals surface area contributed by atoms with Gasteiger partial charge in [-0.25, -0.2) is 8.78 Å². The molecule has 0 fully saturated rings. The first-order chi connectivity index (χ1) is 10.7. The minimum atomic E-state index is -0.391. The van der Waals surface area contributed by atoms with Gasteiger partial charge in [0.05, 0.1) is 5.56 Å². The zero-order valence-electron chi connectivity index (χ0n) is 11.4. The molecular formula is C18H10F2N2. The van der Waals surface area contributed by atoms with Crippen LogP contribution in [0.25, 0.3) is 22.3 Å². The lowest BCUT2D eigenvalue weighted by Gasteiger charge is -2.09. The van der Waals surface area contributed by atoms with Crippen LogP contribution < -0.4 is 0 Å². The zero-order chi connectivity index (χ0) is 15.5. The van der Waals surface area contributed by atoms with E-state index in [0.29, 0.717) is 27.8 Å². The minimum absolute atomic E-state index is 0.339. The summed E-state index contributed by atoms with van der Waals surface area (Å²) in [6.45, 7) is 0. The van der Waals surface area contributed by atoms with E-state index in [1.54, 1.807) is 24.3 Å². The number of benzene rings is 2. The van der Waals surface area contributed by atoms with Crippen molar-refractivity contribution in [3.8, 4) is 28.3 Å². The fraction of sp³-hybridized carbons (Fsp3) is 0. The summed E-state index contributed by atoms with van der Waals surface area (Å²) < 4.78 is 26.8. The van der Waals surface area contributed by atoms with Gasteiger partial charge in [-0.1, -0.05) is 24.3 Å². The van der Waals surface area contributed by atoms with Crippen molar-refractivity contribution in [3.63, 3.8) is 0 Å². The predicted octanol–water partition coefficient (Wildman–Crippen LogP) is 4.57. The topological polar surface area (TPSA) is 36.7 Å². The summed E-state index contributed by atoms with van der Waals surface area (Å²) in [6.07, 6.45) is 3.02. The van der Waals surface area contributed by atoms with Gasteiger partial charge in [-0.2, -0.15) is 5.26 Å². The van der Waals surface area contributed by atoms with E-state index >= 15 is 0 Å². The maximum atomic E-state index is 13.4. The van der Waals surface area contributed by atoms with Crippen molar-refractivity contribution in [3.05, 3.63) is 78.1 Å². The number of rotatable bonds is 2. The second kappa shape index (κ2) is 5.74. The average molecular weight is 292 g/mol. The van der Waals surface area contributed by atoms with E-state index in [0.717, 1.165) is 0 Å². The Bertz CT molecular complexity index is 819. The van der Waals surface area contributed by atoms with Crippen LogP contribution in [0.4, 0.5) is 8.78 Å². The van der Waals surface area contributed by atoms with Crippen molar-refractivity contribution in [2.75, 3.05) is 0 Å². The molecule has 2 nitrogen and oxygen atoms in total. The molecule has 2 aromatic carbocycles. The maximum Gasteiger partial charge on any atom is 0.123 e. The molecule has 106 valence electrons. The van der Waals surface area contributed by atoms with Gasteiger partial charge in [0.2, 0.25) is 0 Å². The van der Waals surface area contributed by atoms with Gasteiger partial charge in [0.25, 0.3) is 0 Å². The number of halogens is 2. The van der Waals surface area contributed by atoms with Crippen molar-refractivity contribution < 1.29 is 8.78 Å². The summed E-state index contributed by atoms with van der Waals surface area (Å²) in [4.78, 5) is 4.11. The first kappa shape index (κ1) is 13.9. The zero-order valence-corrected chi connectivity index (χ0v) is 11.4. The molecule has 0 aliphatic heterocycles. The van der Waals surface area contributed by atoms with Gasteiger partial charge in [0.1, 0.15) is 17.7 Å². The lowest BCUT2D eigenvalue weighted by atomic mass is 9.95. The normalized spacial score (nSPS) is 10.2. The molecule has 0 bridgehead atoms. The van der Waals surface area contributed by atoms with Crippen LogP contribution in [0, 0.1) is 23.0 Å². The highest BCUT2D eigenvalue weighted by molar-refractivity contribution is 5.80. The molecule has 0 amide bonds. The van der Waals surface area contributed by atoms with Crippen LogP contribution in [0.15, 0.2) is 60.9 Å². The third-order valence-electron chi connectivity index (χ3n) is 3.33. The number of nitrogens with zero attached hydrogens (tertiary/aromatic N) is 2. The number of hydrogen-bond donors (Lipinski definition) is 0. The molecule has 0 aliphatic rings. The number of aromatic nitrogens is 1. The van der Waals surface area contributed by atoms with E-state index in [-0.39, 0.29) is 0 Å². The summed E-state index contributed by atoms with van der Waals surface area (Å²) >= 11 is 0. The Labute approximate surface area is 126 Å². The molecule has 0 unspecified atom stereocenters. The summed E-state index contributed by atoms with van der Waals surface area (Å²) in [5, 5.41) is 9.50. The maximum absolute atomic E-state index is 13.4. The predicted molar refractivity (Wildman–Crippen MR) is 79.7 cm³/mol. The van der Waals surface area contributed by atoms with Crippen molar-refractivity contribution in [2.24, 2.45) is 0 Å².